The van der Waals surface area contributed by atoms with Crippen molar-refractivity contribution in [2.45, 2.75) is 49.2 Å². The van der Waals surface area contributed by atoms with Crippen molar-refractivity contribution >= 4 is 15.7 Å². The summed E-state index contributed by atoms with van der Waals surface area (Å²) in [6.07, 6.45) is 2.11. The van der Waals surface area contributed by atoms with Crippen LogP contribution in [0.1, 0.15) is 36.8 Å². The van der Waals surface area contributed by atoms with E-state index in [4.69, 9.17) is 0 Å². The zero-order valence-corrected chi connectivity index (χ0v) is 13.4. The van der Waals surface area contributed by atoms with Gasteiger partial charge in [0.25, 0.3) is 5.91 Å². The van der Waals surface area contributed by atoms with Crippen molar-refractivity contribution in [2.75, 3.05) is 7.11 Å². The van der Waals surface area contributed by atoms with Crippen molar-refractivity contribution in [3.8, 4) is 0 Å². The molecule has 5 nitrogen and oxygen atoms in total. The van der Waals surface area contributed by atoms with E-state index in [0.29, 0.717) is 18.4 Å². The molecule has 1 aliphatic carbocycles. The monoisotopic (exact) mass is 311 g/mol. The van der Waals surface area contributed by atoms with E-state index in [1.165, 1.54) is 7.11 Å². The van der Waals surface area contributed by atoms with Crippen molar-refractivity contribution in [1.29, 1.82) is 0 Å². The van der Waals surface area contributed by atoms with Crippen molar-refractivity contribution in [3.05, 3.63) is 29.3 Å². The summed E-state index contributed by atoms with van der Waals surface area (Å²) < 4.78 is 24.8. The van der Waals surface area contributed by atoms with Crippen LogP contribution in [0.4, 0.5) is 0 Å². The maximum Gasteiger partial charge on any atom is 0.265 e. The Bertz CT molecular complexity index is 646. The Hall–Kier alpha value is -1.40. The van der Waals surface area contributed by atoms with Gasteiger partial charge >= 0.3 is 0 Å². The zero-order chi connectivity index (χ0) is 15.7. The quantitative estimate of drug-likeness (QED) is 0.864. The number of sulfone groups is 1. The number of aryl methyl sites for hydroxylation is 2. The van der Waals surface area contributed by atoms with E-state index in [1.807, 2.05) is 13.0 Å². The third-order valence-electron chi connectivity index (χ3n) is 4.17. The van der Waals surface area contributed by atoms with Gasteiger partial charge in [-0.1, -0.05) is 25.0 Å². The molecule has 0 aliphatic heterocycles. The second-order valence-corrected chi connectivity index (χ2v) is 7.84. The maximum atomic E-state index is 13.1. The molecule has 1 amide bonds. The molecular formula is C15H21NO4S. The molecule has 6 heteroatoms. The molecule has 116 valence electrons. The second kappa shape index (κ2) is 5.77. The molecule has 1 fully saturated rings. The zero-order valence-electron chi connectivity index (χ0n) is 12.6. The Balaban J connectivity index is 2.58. The number of hydroxylamine groups is 1. The summed E-state index contributed by atoms with van der Waals surface area (Å²) in [5.74, 6) is -0.566. The summed E-state index contributed by atoms with van der Waals surface area (Å²) in [6, 6.07) is 5.29. The van der Waals surface area contributed by atoms with Gasteiger partial charge in [0.2, 0.25) is 0 Å². The average molecular weight is 311 g/mol. The fourth-order valence-electron chi connectivity index (χ4n) is 2.96. The minimum atomic E-state index is -3.77. The largest absolute Gasteiger partial charge is 0.277 e. The highest BCUT2D eigenvalue weighted by molar-refractivity contribution is 7.93. The standard InChI is InChI=1S/C15H21NO4S/c1-11-6-7-12(2)13(10-11)21(18,19)15(8-4-5-9-15)14(17)16-20-3/h6-7,10H,4-5,8-9H2,1-3H3,(H,16,17). The van der Waals surface area contributed by atoms with Crippen LogP contribution in [0.3, 0.4) is 0 Å². The molecule has 2 rings (SSSR count). The second-order valence-electron chi connectivity index (χ2n) is 5.61. The predicted octanol–water partition coefficient (Wildman–Crippen LogP) is 2.07. The molecule has 1 saturated carbocycles. The van der Waals surface area contributed by atoms with Crippen LogP contribution >= 0.6 is 0 Å². The highest BCUT2D eigenvalue weighted by Crippen LogP contribution is 2.41. The van der Waals surface area contributed by atoms with Crippen LogP contribution in [-0.4, -0.2) is 26.2 Å². The molecule has 1 aromatic rings. The molecule has 21 heavy (non-hydrogen) atoms. The van der Waals surface area contributed by atoms with Crippen LogP contribution in [-0.2, 0) is 19.5 Å². The first-order chi connectivity index (χ1) is 9.85. The van der Waals surface area contributed by atoms with E-state index >= 15 is 0 Å². The van der Waals surface area contributed by atoms with Gasteiger partial charge in [-0.3, -0.25) is 9.63 Å². The first-order valence-electron chi connectivity index (χ1n) is 7.00. The minimum absolute atomic E-state index is 0.246. The van der Waals surface area contributed by atoms with E-state index in [2.05, 4.69) is 10.3 Å². The first kappa shape index (κ1) is 16.0. The predicted molar refractivity (Wildman–Crippen MR) is 79.5 cm³/mol. The van der Waals surface area contributed by atoms with Gasteiger partial charge in [0.05, 0.1) is 12.0 Å². The van der Waals surface area contributed by atoms with E-state index in [-0.39, 0.29) is 4.90 Å². The number of rotatable bonds is 4. The van der Waals surface area contributed by atoms with Gasteiger partial charge in [-0.2, -0.15) is 0 Å². The number of hydrogen-bond acceptors (Lipinski definition) is 4. The van der Waals surface area contributed by atoms with Gasteiger partial charge in [0.1, 0.15) is 0 Å². The molecule has 1 aromatic carbocycles. The molecule has 0 spiro atoms. The van der Waals surface area contributed by atoms with Crippen LogP contribution in [0, 0.1) is 13.8 Å². The molecule has 0 aromatic heterocycles. The molecule has 0 bridgehead atoms. The summed E-state index contributed by atoms with van der Waals surface area (Å²) in [5.41, 5.74) is 3.74. The van der Waals surface area contributed by atoms with Gasteiger partial charge in [0.15, 0.2) is 14.6 Å². The maximum absolute atomic E-state index is 13.1. The van der Waals surface area contributed by atoms with Crippen LogP contribution in [0.2, 0.25) is 0 Å². The third kappa shape index (κ3) is 2.58. The van der Waals surface area contributed by atoms with E-state index in [0.717, 1.165) is 18.4 Å². The lowest BCUT2D eigenvalue weighted by Crippen LogP contribution is -2.50. The molecule has 0 radical (unpaired) electrons. The number of carbonyl (C=O) groups excluding carboxylic acids is 1. The Labute approximate surface area is 125 Å². The number of hydrogen-bond donors (Lipinski definition) is 1. The Morgan fingerprint density at radius 3 is 2.43 bits per heavy atom. The van der Waals surface area contributed by atoms with Crippen molar-refractivity contribution < 1.29 is 18.0 Å². The number of carbonyl (C=O) groups is 1. The fraction of sp³-hybridized carbons (Fsp3) is 0.533. The molecular weight excluding hydrogens is 290 g/mol. The first-order valence-corrected chi connectivity index (χ1v) is 8.49. The van der Waals surface area contributed by atoms with Crippen LogP contribution in [0.15, 0.2) is 23.1 Å². The topological polar surface area (TPSA) is 72.5 Å². The Kier molecular flexibility index (Phi) is 4.39. The van der Waals surface area contributed by atoms with Crippen LogP contribution < -0.4 is 5.48 Å². The highest BCUT2D eigenvalue weighted by Gasteiger charge is 2.53. The summed E-state index contributed by atoms with van der Waals surface area (Å²) in [4.78, 5) is 17.3. The normalized spacial score (nSPS) is 17.7. The number of benzene rings is 1. The summed E-state index contributed by atoms with van der Waals surface area (Å²) >= 11 is 0. The lowest BCUT2D eigenvalue weighted by Gasteiger charge is -2.27. The van der Waals surface area contributed by atoms with Gasteiger partial charge in [-0.15, -0.1) is 0 Å². The smallest absolute Gasteiger partial charge is 0.265 e. The minimum Gasteiger partial charge on any atom is -0.277 e. The summed E-state index contributed by atoms with van der Waals surface area (Å²) in [7, 11) is -2.46. The van der Waals surface area contributed by atoms with Crippen LogP contribution in [0.25, 0.3) is 0 Å². The van der Waals surface area contributed by atoms with E-state index < -0.39 is 20.5 Å². The van der Waals surface area contributed by atoms with Crippen LogP contribution in [0.5, 0.6) is 0 Å². The van der Waals surface area contributed by atoms with E-state index in [9.17, 15) is 13.2 Å². The molecule has 1 aliphatic rings. The Morgan fingerprint density at radius 1 is 1.24 bits per heavy atom. The number of amides is 1. The average Bonchev–Trinajstić information content (AvgIpc) is 2.93. The lowest BCUT2D eigenvalue weighted by molar-refractivity contribution is -0.133. The Morgan fingerprint density at radius 2 is 1.86 bits per heavy atom. The molecule has 0 heterocycles. The summed E-state index contributed by atoms with van der Waals surface area (Å²) in [5, 5.41) is 0. The lowest BCUT2D eigenvalue weighted by atomic mass is 10.1. The summed E-state index contributed by atoms with van der Waals surface area (Å²) in [6.45, 7) is 3.60. The SMILES string of the molecule is CONC(=O)C1(S(=O)(=O)c2cc(C)ccc2C)CCCC1. The molecule has 0 saturated heterocycles. The molecule has 0 atom stereocenters. The fourth-order valence-corrected chi connectivity index (χ4v) is 5.32. The van der Waals surface area contributed by atoms with Gasteiger partial charge in [-0.25, -0.2) is 13.9 Å². The highest BCUT2D eigenvalue weighted by atomic mass is 32.2. The van der Waals surface area contributed by atoms with Crippen molar-refractivity contribution in [1.82, 2.24) is 5.48 Å². The number of nitrogens with one attached hydrogen (secondary N) is 1. The van der Waals surface area contributed by atoms with Crippen molar-refractivity contribution in [2.24, 2.45) is 0 Å². The van der Waals surface area contributed by atoms with Gasteiger partial charge < -0.3 is 0 Å². The molecule has 0 unspecified atom stereocenters. The molecule has 1 N–H and O–H groups in total. The van der Waals surface area contributed by atoms with Gasteiger partial charge in [-0.05, 0) is 43.9 Å². The van der Waals surface area contributed by atoms with Crippen molar-refractivity contribution in [3.63, 3.8) is 0 Å². The van der Waals surface area contributed by atoms with E-state index in [1.54, 1.807) is 19.1 Å². The van der Waals surface area contributed by atoms with Gasteiger partial charge in [0, 0.05) is 0 Å². The third-order valence-corrected chi connectivity index (χ3v) is 6.81.